The van der Waals surface area contributed by atoms with Crippen molar-refractivity contribution in [2.45, 2.75) is 12.3 Å². The van der Waals surface area contributed by atoms with Crippen LogP contribution < -0.4 is 15.5 Å². The van der Waals surface area contributed by atoms with Crippen LogP contribution in [0.1, 0.15) is 18.1 Å². The van der Waals surface area contributed by atoms with Crippen LogP contribution in [0.4, 0.5) is 11.5 Å². The van der Waals surface area contributed by atoms with Crippen LogP contribution in [0.3, 0.4) is 0 Å². The van der Waals surface area contributed by atoms with E-state index in [0.29, 0.717) is 38.0 Å². The Morgan fingerprint density at radius 3 is 2.53 bits per heavy atom. The number of hydrogen-bond acceptors (Lipinski definition) is 4. The summed E-state index contributed by atoms with van der Waals surface area (Å²) in [4.78, 5) is 40.8. The van der Waals surface area contributed by atoms with Crippen LogP contribution in [0.15, 0.2) is 36.5 Å². The van der Waals surface area contributed by atoms with Crippen LogP contribution in [0.25, 0.3) is 6.08 Å². The maximum atomic E-state index is 12.4. The maximum absolute atomic E-state index is 12.4. The normalized spacial score (nSPS) is 10.7. The SMILES string of the molecule is CC(=O)Nc1ccc(/C=C/C(=O)NCC(=O)N(C)c2ccc(Cl)c(CBr)c2Cl)cn1. The first-order chi connectivity index (χ1) is 14.2. The van der Waals surface area contributed by atoms with E-state index in [1.165, 1.54) is 24.1 Å². The molecule has 0 aliphatic rings. The van der Waals surface area contributed by atoms with Crippen LogP contribution in [0.2, 0.25) is 10.0 Å². The topological polar surface area (TPSA) is 91.4 Å². The Kier molecular flexibility index (Phi) is 8.83. The molecule has 0 saturated carbocycles. The van der Waals surface area contributed by atoms with Crippen molar-refractivity contribution in [1.82, 2.24) is 10.3 Å². The molecule has 10 heteroatoms. The number of nitrogens with one attached hydrogen (secondary N) is 2. The summed E-state index contributed by atoms with van der Waals surface area (Å²) < 4.78 is 0. The second-order valence-corrected chi connectivity index (χ2v) is 7.50. The summed E-state index contributed by atoms with van der Waals surface area (Å²) in [6, 6.07) is 6.63. The van der Waals surface area contributed by atoms with Gasteiger partial charge in [-0.25, -0.2) is 4.98 Å². The number of amides is 3. The molecule has 0 aliphatic heterocycles. The summed E-state index contributed by atoms with van der Waals surface area (Å²) in [6.07, 6.45) is 4.35. The molecule has 0 atom stereocenters. The average Bonchev–Trinajstić information content (AvgIpc) is 2.71. The third-order valence-corrected chi connectivity index (χ3v) is 5.30. The molecule has 2 N–H and O–H groups in total. The van der Waals surface area contributed by atoms with Crippen molar-refractivity contribution in [3.63, 3.8) is 0 Å². The van der Waals surface area contributed by atoms with Crippen LogP contribution in [-0.2, 0) is 19.7 Å². The zero-order valence-corrected chi connectivity index (χ0v) is 19.3. The lowest BCUT2D eigenvalue weighted by molar-refractivity contribution is -0.122. The number of halogens is 3. The number of anilines is 2. The van der Waals surface area contributed by atoms with E-state index in [2.05, 4.69) is 31.5 Å². The average molecular weight is 514 g/mol. The van der Waals surface area contributed by atoms with E-state index < -0.39 is 5.91 Å². The third kappa shape index (κ3) is 6.55. The van der Waals surface area contributed by atoms with E-state index >= 15 is 0 Å². The lowest BCUT2D eigenvalue weighted by Gasteiger charge is -2.20. The molecule has 0 spiro atoms. The molecule has 2 rings (SSSR count). The monoisotopic (exact) mass is 512 g/mol. The van der Waals surface area contributed by atoms with Crippen molar-refractivity contribution >= 4 is 74.4 Å². The summed E-state index contributed by atoms with van der Waals surface area (Å²) in [6.45, 7) is 1.18. The molecule has 0 saturated heterocycles. The summed E-state index contributed by atoms with van der Waals surface area (Å²) in [5, 5.41) is 6.40. The van der Waals surface area contributed by atoms with Gasteiger partial charge in [-0.3, -0.25) is 14.4 Å². The predicted molar refractivity (Wildman–Crippen MR) is 123 cm³/mol. The number of alkyl halides is 1. The zero-order valence-electron chi connectivity index (χ0n) is 16.2. The van der Waals surface area contributed by atoms with Gasteiger partial charge in [0, 0.05) is 42.2 Å². The first-order valence-electron chi connectivity index (χ1n) is 8.72. The van der Waals surface area contributed by atoms with Crippen molar-refractivity contribution in [2.24, 2.45) is 0 Å². The van der Waals surface area contributed by atoms with Crippen LogP contribution in [0.5, 0.6) is 0 Å². The molecule has 0 bridgehead atoms. The molecule has 30 heavy (non-hydrogen) atoms. The van der Waals surface area contributed by atoms with Gasteiger partial charge in [0.2, 0.25) is 17.7 Å². The van der Waals surface area contributed by atoms with Crippen molar-refractivity contribution in [3.8, 4) is 0 Å². The third-order valence-electron chi connectivity index (χ3n) is 3.97. The van der Waals surface area contributed by atoms with Gasteiger partial charge in [0.05, 0.1) is 17.3 Å². The fraction of sp³-hybridized carbons (Fsp3) is 0.200. The summed E-state index contributed by atoms with van der Waals surface area (Å²) in [5.74, 6) is -0.585. The van der Waals surface area contributed by atoms with E-state index in [4.69, 9.17) is 23.2 Å². The van der Waals surface area contributed by atoms with E-state index in [0.717, 1.165) is 0 Å². The highest BCUT2D eigenvalue weighted by atomic mass is 79.9. The summed E-state index contributed by atoms with van der Waals surface area (Å²) in [7, 11) is 1.57. The first-order valence-corrected chi connectivity index (χ1v) is 10.6. The van der Waals surface area contributed by atoms with E-state index in [-0.39, 0.29) is 18.4 Å². The van der Waals surface area contributed by atoms with Gasteiger partial charge >= 0.3 is 0 Å². The fourth-order valence-corrected chi connectivity index (χ4v) is 3.91. The Balaban J connectivity index is 1.93. The molecular formula is C20H19BrCl2N4O3. The van der Waals surface area contributed by atoms with Crippen molar-refractivity contribution in [1.29, 1.82) is 0 Å². The predicted octanol–water partition coefficient (Wildman–Crippen LogP) is 4.03. The van der Waals surface area contributed by atoms with Gasteiger partial charge in [-0.1, -0.05) is 39.1 Å². The molecule has 1 heterocycles. The fourth-order valence-electron chi connectivity index (χ4n) is 2.37. The van der Waals surface area contributed by atoms with Crippen LogP contribution in [0, 0.1) is 0 Å². The second kappa shape index (κ2) is 11.1. The highest BCUT2D eigenvalue weighted by molar-refractivity contribution is 9.08. The van der Waals surface area contributed by atoms with Crippen LogP contribution in [-0.4, -0.2) is 36.3 Å². The molecule has 0 aliphatic carbocycles. The minimum absolute atomic E-state index is 0.206. The van der Waals surface area contributed by atoms with Gasteiger partial charge in [0.15, 0.2) is 0 Å². The molecule has 0 fully saturated rings. The van der Waals surface area contributed by atoms with E-state index in [1.54, 1.807) is 37.4 Å². The van der Waals surface area contributed by atoms with Gasteiger partial charge in [-0.2, -0.15) is 0 Å². The quantitative estimate of drug-likeness (QED) is 0.432. The number of carbonyl (C=O) groups excluding carboxylic acids is 3. The zero-order chi connectivity index (χ0) is 22.3. The second-order valence-electron chi connectivity index (χ2n) is 6.15. The molecule has 0 radical (unpaired) electrons. The molecule has 3 amide bonds. The Morgan fingerprint density at radius 1 is 1.20 bits per heavy atom. The number of pyridine rings is 1. The number of hydrogen-bond donors (Lipinski definition) is 2. The Morgan fingerprint density at radius 2 is 1.93 bits per heavy atom. The standard InChI is InChI=1S/C20H19BrCl2N4O3/c1-12(28)26-17-7-3-13(10-24-17)4-8-18(29)25-11-19(30)27(2)16-6-5-15(22)14(9-21)20(16)23/h3-8,10H,9,11H2,1-2H3,(H,25,29)(H,24,26,28)/b8-4+. The number of likely N-dealkylation sites (N-methyl/N-ethyl adjacent to an activating group) is 1. The van der Waals surface area contributed by atoms with Gasteiger partial charge in [0.25, 0.3) is 0 Å². The Labute approximate surface area is 192 Å². The minimum atomic E-state index is -0.439. The molecule has 1 aromatic heterocycles. The largest absolute Gasteiger partial charge is 0.343 e. The molecule has 158 valence electrons. The van der Waals surface area contributed by atoms with Crippen molar-refractivity contribution in [3.05, 3.63) is 57.7 Å². The molecule has 0 unspecified atom stereocenters. The highest BCUT2D eigenvalue weighted by Gasteiger charge is 2.17. The Hall–Kier alpha value is -2.42. The van der Waals surface area contributed by atoms with Gasteiger partial charge in [-0.15, -0.1) is 0 Å². The van der Waals surface area contributed by atoms with Crippen molar-refractivity contribution in [2.75, 3.05) is 23.8 Å². The number of carbonyl (C=O) groups is 3. The first kappa shape index (κ1) is 23.9. The van der Waals surface area contributed by atoms with E-state index in [1.807, 2.05) is 0 Å². The molecule has 2 aromatic rings. The van der Waals surface area contributed by atoms with Crippen molar-refractivity contribution < 1.29 is 14.4 Å². The molecule has 1 aromatic carbocycles. The Bertz CT molecular complexity index is 981. The van der Waals surface area contributed by atoms with Crippen LogP contribution >= 0.6 is 39.1 Å². The maximum Gasteiger partial charge on any atom is 0.246 e. The van der Waals surface area contributed by atoms with E-state index in [9.17, 15) is 14.4 Å². The molecule has 7 nitrogen and oxygen atoms in total. The number of rotatable bonds is 7. The van der Waals surface area contributed by atoms with Gasteiger partial charge in [-0.05, 0) is 35.9 Å². The van der Waals surface area contributed by atoms with Gasteiger partial charge in [0.1, 0.15) is 5.82 Å². The molecular weight excluding hydrogens is 495 g/mol. The number of nitrogens with zero attached hydrogens (tertiary/aromatic N) is 2. The summed E-state index contributed by atoms with van der Waals surface area (Å²) >= 11 is 15.8. The lowest BCUT2D eigenvalue weighted by Crippen LogP contribution is -2.37. The highest BCUT2D eigenvalue weighted by Crippen LogP contribution is 2.34. The number of aromatic nitrogens is 1. The number of benzene rings is 1. The smallest absolute Gasteiger partial charge is 0.246 e. The van der Waals surface area contributed by atoms with Gasteiger partial charge < -0.3 is 15.5 Å². The summed E-state index contributed by atoms with van der Waals surface area (Å²) in [5.41, 5.74) is 1.84. The minimum Gasteiger partial charge on any atom is -0.343 e. The lowest BCUT2D eigenvalue weighted by atomic mass is 10.2.